The molecule has 4 aromatic heterocycles. The van der Waals surface area contributed by atoms with Crippen LogP contribution in [-0.4, -0.2) is 54.2 Å². The summed E-state index contributed by atoms with van der Waals surface area (Å²) in [5.41, 5.74) is 4.54. The van der Waals surface area contributed by atoms with Gasteiger partial charge in [-0.25, -0.2) is 9.37 Å². The number of rotatable bonds is 5. The highest BCUT2D eigenvalue weighted by Gasteiger charge is 2.27. The van der Waals surface area contributed by atoms with Crippen LogP contribution < -0.4 is 4.74 Å². The van der Waals surface area contributed by atoms with Crippen molar-refractivity contribution in [3.05, 3.63) is 54.6 Å². The summed E-state index contributed by atoms with van der Waals surface area (Å²) in [5, 5.41) is 17.3. The van der Waals surface area contributed by atoms with Crippen LogP contribution in [0.1, 0.15) is 38.4 Å². The van der Waals surface area contributed by atoms with Gasteiger partial charge in [0.25, 0.3) is 0 Å². The van der Waals surface area contributed by atoms with Gasteiger partial charge >= 0.3 is 0 Å². The first-order chi connectivity index (χ1) is 17.6. The quantitative estimate of drug-likeness (QED) is 0.356. The predicted octanol–water partition coefficient (Wildman–Crippen LogP) is 4.65. The highest BCUT2D eigenvalue weighted by atomic mass is 19.1. The second kappa shape index (κ2) is 8.94. The lowest BCUT2D eigenvalue weighted by atomic mass is 9.95. The fourth-order valence-electron chi connectivity index (χ4n) is 5.09. The van der Waals surface area contributed by atoms with Gasteiger partial charge in [0.15, 0.2) is 11.4 Å². The normalized spacial score (nSPS) is 18.2. The summed E-state index contributed by atoms with van der Waals surface area (Å²) >= 11 is 0. The Labute approximate surface area is 206 Å². The molecule has 5 aromatic rings. The first kappa shape index (κ1) is 22.5. The fourth-order valence-corrected chi connectivity index (χ4v) is 5.09. The Balaban J connectivity index is 1.47. The summed E-state index contributed by atoms with van der Waals surface area (Å²) in [6.45, 7) is 5.52. The van der Waals surface area contributed by atoms with E-state index in [0.29, 0.717) is 34.8 Å². The van der Waals surface area contributed by atoms with Crippen molar-refractivity contribution in [3.8, 4) is 28.0 Å². The number of nitrogens with zero attached hydrogens (tertiary/aromatic N) is 7. The van der Waals surface area contributed by atoms with E-state index in [1.807, 2.05) is 28.2 Å². The number of methoxy groups -OCH3 is 1. The van der Waals surface area contributed by atoms with Crippen molar-refractivity contribution in [3.63, 3.8) is 0 Å². The molecule has 5 heterocycles. The molecule has 9 nitrogen and oxygen atoms in total. The van der Waals surface area contributed by atoms with E-state index in [1.54, 1.807) is 31.8 Å². The first-order valence-corrected chi connectivity index (χ1v) is 12.1. The highest BCUT2D eigenvalue weighted by Crippen LogP contribution is 2.39. The van der Waals surface area contributed by atoms with E-state index in [9.17, 15) is 0 Å². The first-order valence-electron chi connectivity index (χ1n) is 12.1. The standard InChI is InChI=1S/C26H26FN7O2/c1-4-33-14-28-22-20(13-29-30-25(22)33)16-5-6-21(27)19(12-16)18-7-9-34-24(17-8-10-36-15(2)11-17)31-32-26(34)23(18)35-3/h5-7,9,12-15,17H,4,8,10-11H2,1-3H3. The van der Waals surface area contributed by atoms with Crippen LogP contribution in [0.2, 0.25) is 0 Å². The highest BCUT2D eigenvalue weighted by molar-refractivity contribution is 5.91. The largest absolute Gasteiger partial charge is 0.492 e. The summed E-state index contributed by atoms with van der Waals surface area (Å²) in [4.78, 5) is 4.53. The minimum absolute atomic E-state index is 0.173. The minimum Gasteiger partial charge on any atom is -0.492 e. The van der Waals surface area contributed by atoms with Gasteiger partial charge in [0.1, 0.15) is 17.2 Å². The van der Waals surface area contributed by atoms with Crippen molar-refractivity contribution < 1.29 is 13.9 Å². The summed E-state index contributed by atoms with van der Waals surface area (Å²) in [7, 11) is 1.57. The molecular weight excluding hydrogens is 461 g/mol. The number of hydrogen-bond donors (Lipinski definition) is 0. The van der Waals surface area contributed by atoms with Crippen LogP contribution in [0.25, 0.3) is 39.1 Å². The second-order valence-corrected chi connectivity index (χ2v) is 9.07. The Morgan fingerprint density at radius 3 is 2.81 bits per heavy atom. The van der Waals surface area contributed by atoms with Crippen LogP contribution in [-0.2, 0) is 11.3 Å². The van der Waals surface area contributed by atoms with E-state index in [0.717, 1.165) is 41.9 Å². The molecule has 36 heavy (non-hydrogen) atoms. The molecule has 0 radical (unpaired) electrons. The Bertz CT molecular complexity index is 1580. The summed E-state index contributed by atoms with van der Waals surface area (Å²) in [6.07, 6.45) is 7.23. The van der Waals surface area contributed by atoms with Crippen LogP contribution >= 0.6 is 0 Å². The molecule has 184 valence electrons. The van der Waals surface area contributed by atoms with E-state index in [-0.39, 0.29) is 17.8 Å². The molecule has 1 aliphatic rings. The van der Waals surface area contributed by atoms with E-state index in [2.05, 4.69) is 32.3 Å². The molecule has 0 spiro atoms. The Morgan fingerprint density at radius 1 is 1.11 bits per heavy atom. The van der Waals surface area contributed by atoms with Crippen LogP contribution in [0.5, 0.6) is 5.75 Å². The van der Waals surface area contributed by atoms with E-state index >= 15 is 4.39 Å². The molecule has 6 rings (SSSR count). The zero-order valence-corrected chi connectivity index (χ0v) is 20.3. The molecule has 0 aliphatic carbocycles. The Morgan fingerprint density at radius 2 is 2.00 bits per heavy atom. The lowest BCUT2D eigenvalue weighted by Gasteiger charge is -2.26. The number of aromatic nitrogens is 7. The number of fused-ring (bicyclic) bond motifs is 2. The van der Waals surface area contributed by atoms with E-state index in [4.69, 9.17) is 9.47 Å². The molecule has 0 saturated carbocycles. The van der Waals surface area contributed by atoms with Crippen molar-refractivity contribution >= 4 is 16.8 Å². The Hall–Kier alpha value is -3.92. The predicted molar refractivity (Wildman–Crippen MR) is 132 cm³/mol. The average molecular weight is 488 g/mol. The molecule has 1 aromatic carbocycles. The van der Waals surface area contributed by atoms with Gasteiger partial charge in [-0.1, -0.05) is 6.07 Å². The topological polar surface area (TPSA) is 92.2 Å². The molecule has 1 aliphatic heterocycles. The number of imidazole rings is 1. The maximum absolute atomic E-state index is 15.2. The lowest BCUT2D eigenvalue weighted by Crippen LogP contribution is -2.23. The van der Waals surface area contributed by atoms with Gasteiger partial charge in [-0.05, 0) is 50.5 Å². The molecule has 1 saturated heterocycles. The van der Waals surface area contributed by atoms with E-state index < -0.39 is 0 Å². The molecule has 10 heteroatoms. The molecular formula is C26H26FN7O2. The van der Waals surface area contributed by atoms with Crippen molar-refractivity contribution in [1.29, 1.82) is 0 Å². The average Bonchev–Trinajstić information content (AvgIpc) is 3.53. The van der Waals surface area contributed by atoms with E-state index in [1.165, 1.54) is 6.07 Å². The summed E-state index contributed by atoms with van der Waals surface area (Å²) < 4.78 is 30.6. The maximum Gasteiger partial charge on any atom is 0.203 e. The van der Waals surface area contributed by atoms with Gasteiger partial charge in [-0.3, -0.25) is 4.40 Å². The zero-order chi connectivity index (χ0) is 24.8. The summed E-state index contributed by atoms with van der Waals surface area (Å²) in [5.74, 6) is 1.22. The number of halogens is 1. The minimum atomic E-state index is -0.364. The molecule has 2 atom stereocenters. The van der Waals surface area contributed by atoms with Crippen LogP contribution in [0.4, 0.5) is 4.39 Å². The number of pyridine rings is 1. The molecule has 0 N–H and O–H groups in total. The smallest absolute Gasteiger partial charge is 0.203 e. The van der Waals surface area contributed by atoms with Crippen molar-refractivity contribution in [2.75, 3.05) is 13.7 Å². The van der Waals surface area contributed by atoms with Gasteiger partial charge in [-0.15, -0.1) is 15.3 Å². The zero-order valence-electron chi connectivity index (χ0n) is 20.3. The van der Waals surface area contributed by atoms with Gasteiger partial charge in [-0.2, -0.15) is 5.10 Å². The van der Waals surface area contributed by atoms with Gasteiger partial charge in [0, 0.05) is 42.0 Å². The van der Waals surface area contributed by atoms with Gasteiger partial charge in [0.2, 0.25) is 5.65 Å². The number of benzene rings is 1. The van der Waals surface area contributed by atoms with Crippen LogP contribution in [0, 0.1) is 5.82 Å². The summed E-state index contributed by atoms with van der Waals surface area (Å²) in [6, 6.07) is 6.83. The van der Waals surface area contributed by atoms with Crippen molar-refractivity contribution in [2.24, 2.45) is 0 Å². The molecule has 2 unspecified atom stereocenters. The van der Waals surface area contributed by atoms with Crippen LogP contribution in [0.15, 0.2) is 43.0 Å². The lowest BCUT2D eigenvalue weighted by molar-refractivity contribution is 0.0171. The molecule has 1 fully saturated rings. The number of hydrogen-bond acceptors (Lipinski definition) is 7. The third kappa shape index (κ3) is 3.60. The Kier molecular flexibility index (Phi) is 5.60. The van der Waals surface area contributed by atoms with Crippen molar-refractivity contribution in [1.82, 2.24) is 34.3 Å². The van der Waals surface area contributed by atoms with Gasteiger partial charge < -0.3 is 14.0 Å². The second-order valence-electron chi connectivity index (χ2n) is 9.07. The fraction of sp³-hybridized carbons (Fsp3) is 0.346. The molecule has 0 amide bonds. The third-order valence-electron chi connectivity index (χ3n) is 6.93. The monoisotopic (exact) mass is 487 g/mol. The third-order valence-corrected chi connectivity index (χ3v) is 6.93. The number of ether oxygens (including phenoxy) is 2. The SMILES string of the molecule is CCn1cnc2c(-c3ccc(F)c(-c4ccn5c(C6CCOC(C)C6)nnc5c4OC)c3)cnnc21. The van der Waals surface area contributed by atoms with Gasteiger partial charge in [0.05, 0.1) is 25.7 Å². The molecule has 0 bridgehead atoms. The van der Waals surface area contributed by atoms with Crippen molar-refractivity contribution in [2.45, 2.75) is 45.3 Å². The number of aryl methyl sites for hydroxylation is 1. The van der Waals surface area contributed by atoms with Crippen LogP contribution in [0.3, 0.4) is 0 Å². The maximum atomic E-state index is 15.2.